The van der Waals surface area contributed by atoms with Gasteiger partial charge in [-0.05, 0) is 31.9 Å². The highest BCUT2D eigenvalue weighted by atomic mass is 32.2. The number of nitrogens with zero attached hydrogens (tertiary/aromatic N) is 2. The van der Waals surface area contributed by atoms with Crippen molar-refractivity contribution >= 4 is 60.9 Å². The number of carbonyl (C=O) groups excluding carboxylic acids is 1. The third kappa shape index (κ3) is 3.59. The summed E-state index contributed by atoms with van der Waals surface area (Å²) in [6.07, 6.45) is 2.37. The number of hydrogen-bond donors (Lipinski definition) is 1. The largest absolute Gasteiger partial charge is 0.358 e. The number of fused-ring (bicyclic) bond motifs is 1. The summed E-state index contributed by atoms with van der Waals surface area (Å²) in [6.45, 7) is 3.91. The topological polar surface area (TPSA) is 45.2 Å². The molecule has 0 spiro atoms. The first-order valence-corrected chi connectivity index (χ1v) is 9.36. The number of likely N-dealkylation sites (tertiary alicyclic amines) is 1. The van der Waals surface area contributed by atoms with Crippen LogP contribution in [0.15, 0.2) is 24.3 Å². The highest BCUT2D eigenvalue weighted by Gasteiger charge is 2.22. The fourth-order valence-electron chi connectivity index (χ4n) is 2.31. The van der Waals surface area contributed by atoms with Gasteiger partial charge >= 0.3 is 0 Å². The van der Waals surface area contributed by atoms with E-state index in [0.29, 0.717) is 5.13 Å². The second-order valence-electron chi connectivity index (χ2n) is 5.20. The zero-order chi connectivity index (χ0) is 15.5. The standard InChI is InChI=1S/C15H17N3OS3/c1-10(21-15(20)18-8-4-5-9-18)13(19)17-14-16-11-6-2-3-7-12(11)22-14/h2-3,6-7,10H,4-5,8-9H2,1H3,(H,16,17,19)/t10-/m1/s1. The minimum Gasteiger partial charge on any atom is -0.358 e. The lowest BCUT2D eigenvalue weighted by Gasteiger charge is -2.20. The van der Waals surface area contributed by atoms with Gasteiger partial charge in [0.25, 0.3) is 0 Å². The van der Waals surface area contributed by atoms with Gasteiger partial charge in [0.2, 0.25) is 5.91 Å². The number of amides is 1. The first-order chi connectivity index (χ1) is 10.6. The van der Waals surface area contributed by atoms with Crippen LogP contribution >= 0.6 is 35.3 Å². The number of aromatic nitrogens is 1. The molecule has 1 amide bonds. The average Bonchev–Trinajstić information content (AvgIpc) is 3.15. The molecule has 22 heavy (non-hydrogen) atoms. The fourth-order valence-corrected chi connectivity index (χ4v) is 4.60. The summed E-state index contributed by atoms with van der Waals surface area (Å²) in [5.74, 6) is -0.0504. The van der Waals surface area contributed by atoms with Gasteiger partial charge in [0, 0.05) is 13.1 Å². The number of hydrogen-bond acceptors (Lipinski definition) is 5. The van der Waals surface area contributed by atoms with E-state index in [4.69, 9.17) is 12.2 Å². The lowest BCUT2D eigenvalue weighted by atomic mass is 10.3. The SMILES string of the molecule is C[C@@H](SC(=S)N1CCCC1)C(=O)Nc1nc2ccccc2s1. The highest BCUT2D eigenvalue weighted by molar-refractivity contribution is 8.23. The summed E-state index contributed by atoms with van der Waals surface area (Å²) in [4.78, 5) is 18.9. The van der Waals surface area contributed by atoms with E-state index in [2.05, 4.69) is 15.2 Å². The maximum absolute atomic E-state index is 12.3. The molecule has 1 aliphatic rings. The van der Waals surface area contributed by atoms with Crippen molar-refractivity contribution in [3.8, 4) is 0 Å². The maximum atomic E-state index is 12.3. The number of para-hydroxylation sites is 1. The van der Waals surface area contributed by atoms with Gasteiger partial charge in [0.1, 0.15) is 4.32 Å². The Balaban J connectivity index is 1.59. The van der Waals surface area contributed by atoms with E-state index in [9.17, 15) is 4.79 Å². The van der Waals surface area contributed by atoms with Crippen LogP contribution < -0.4 is 5.32 Å². The molecule has 1 fully saturated rings. The average molecular weight is 352 g/mol. The Morgan fingerprint density at radius 3 is 2.86 bits per heavy atom. The fraction of sp³-hybridized carbons (Fsp3) is 0.400. The van der Waals surface area contributed by atoms with Gasteiger partial charge in [-0.1, -0.05) is 47.4 Å². The molecule has 116 valence electrons. The van der Waals surface area contributed by atoms with Crippen LogP contribution in [0.2, 0.25) is 0 Å². The predicted molar refractivity (Wildman–Crippen MR) is 98.7 cm³/mol. The number of thioether (sulfide) groups is 1. The van der Waals surface area contributed by atoms with E-state index >= 15 is 0 Å². The van der Waals surface area contributed by atoms with Crippen LogP contribution in [0.3, 0.4) is 0 Å². The van der Waals surface area contributed by atoms with Gasteiger partial charge in [0.05, 0.1) is 15.5 Å². The van der Waals surface area contributed by atoms with Crippen LogP contribution in [-0.2, 0) is 4.79 Å². The quantitative estimate of drug-likeness (QED) is 0.854. The zero-order valence-electron chi connectivity index (χ0n) is 12.2. The smallest absolute Gasteiger partial charge is 0.239 e. The summed E-state index contributed by atoms with van der Waals surface area (Å²) < 4.78 is 1.90. The molecule has 1 aromatic carbocycles. The van der Waals surface area contributed by atoms with Gasteiger partial charge in [-0.2, -0.15) is 0 Å². The minimum absolute atomic E-state index is 0.0504. The molecule has 1 N–H and O–H groups in total. The summed E-state index contributed by atoms with van der Waals surface area (Å²) in [5, 5.41) is 3.32. The first-order valence-electron chi connectivity index (χ1n) is 7.25. The molecule has 0 radical (unpaired) electrons. The molecule has 0 unspecified atom stereocenters. The molecule has 1 saturated heterocycles. The summed E-state index contributed by atoms with van der Waals surface area (Å²) >= 11 is 8.37. The van der Waals surface area contributed by atoms with Gasteiger partial charge in [-0.15, -0.1) is 0 Å². The van der Waals surface area contributed by atoms with Gasteiger partial charge in [0.15, 0.2) is 5.13 Å². The third-order valence-corrected chi connectivity index (χ3v) is 6.06. The Hall–Kier alpha value is -1.18. The molecular weight excluding hydrogens is 334 g/mol. The Labute approximate surface area is 143 Å². The number of anilines is 1. The van der Waals surface area contributed by atoms with Crippen molar-refractivity contribution in [2.45, 2.75) is 25.0 Å². The van der Waals surface area contributed by atoms with Crippen LogP contribution in [0.5, 0.6) is 0 Å². The van der Waals surface area contributed by atoms with Gasteiger partial charge < -0.3 is 10.2 Å². The van der Waals surface area contributed by atoms with E-state index in [1.54, 1.807) is 0 Å². The van der Waals surface area contributed by atoms with Crippen molar-refractivity contribution in [2.24, 2.45) is 0 Å². The third-order valence-electron chi connectivity index (χ3n) is 3.54. The van der Waals surface area contributed by atoms with Crippen molar-refractivity contribution in [2.75, 3.05) is 18.4 Å². The molecule has 4 nitrogen and oxygen atoms in total. The van der Waals surface area contributed by atoms with E-state index < -0.39 is 0 Å². The number of thiazole rings is 1. The number of benzene rings is 1. The van der Waals surface area contributed by atoms with E-state index in [-0.39, 0.29) is 11.2 Å². The second kappa shape index (κ2) is 6.93. The first kappa shape index (κ1) is 15.7. The van der Waals surface area contributed by atoms with Crippen molar-refractivity contribution < 1.29 is 4.79 Å². The van der Waals surface area contributed by atoms with Crippen molar-refractivity contribution in [1.82, 2.24) is 9.88 Å². The molecule has 1 aromatic heterocycles. The molecule has 0 bridgehead atoms. The molecule has 2 aromatic rings. The van der Waals surface area contributed by atoms with Crippen molar-refractivity contribution in [1.29, 1.82) is 0 Å². The lowest BCUT2D eigenvalue weighted by molar-refractivity contribution is -0.115. The van der Waals surface area contributed by atoms with Gasteiger partial charge in [-0.25, -0.2) is 4.98 Å². The zero-order valence-corrected chi connectivity index (χ0v) is 14.7. The molecule has 7 heteroatoms. The monoisotopic (exact) mass is 351 g/mol. The number of rotatable bonds is 3. The molecule has 3 rings (SSSR count). The number of nitrogens with one attached hydrogen (secondary N) is 1. The Bertz CT molecular complexity index is 661. The van der Waals surface area contributed by atoms with Crippen molar-refractivity contribution in [3.63, 3.8) is 0 Å². The Morgan fingerprint density at radius 1 is 1.41 bits per heavy atom. The highest BCUT2D eigenvalue weighted by Crippen LogP contribution is 2.27. The van der Waals surface area contributed by atoms with E-state index in [1.807, 2.05) is 31.2 Å². The van der Waals surface area contributed by atoms with Crippen LogP contribution in [0.4, 0.5) is 5.13 Å². The van der Waals surface area contributed by atoms with E-state index in [1.165, 1.54) is 35.9 Å². The Kier molecular flexibility index (Phi) is 4.95. The van der Waals surface area contributed by atoms with Crippen molar-refractivity contribution in [3.05, 3.63) is 24.3 Å². The van der Waals surface area contributed by atoms with Crippen LogP contribution in [0.1, 0.15) is 19.8 Å². The molecule has 2 heterocycles. The number of carbonyl (C=O) groups is 1. The summed E-state index contributed by atoms with van der Waals surface area (Å²) in [6, 6.07) is 7.87. The van der Waals surface area contributed by atoms with Crippen LogP contribution in [0, 0.1) is 0 Å². The van der Waals surface area contributed by atoms with Crippen LogP contribution in [0.25, 0.3) is 10.2 Å². The second-order valence-corrected chi connectivity index (χ2v) is 8.20. The maximum Gasteiger partial charge on any atom is 0.239 e. The van der Waals surface area contributed by atoms with E-state index in [0.717, 1.165) is 27.6 Å². The van der Waals surface area contributed by atoms with Gasteiger partial charge in [-0.3, -0.25) is 4.79 Å². The lowest BCUT2D eigenvalue weighted by Crippen LogP contribution is -2.29. The molecular formula is C15H17N3OS3. The van der Waals surface area contributed by atoms with Crippen LogP contribution in [-0.4, -0.2) is 38.5 Å². The molecule has 1 atom stereocenters. The predicted octanol–water partition coefficient (Wildman–Crippen LogP) is 3.74. The Morgan fingerprint density at radius 2 is 2.14 bits per heavy atom. The molecule has 0 aliphatic carbocycles. The molecule has 0 saturated carbocycles. The summed E-state index contributed by atoms with van der Waals surface area (Å²) in [7, 11) is 0. The summed E-state index contributed by atoms with van der Waals surface area (Å²) in [5.41, 5.74) is 0.913. The minimum atomic E-state index is -0.222. The normalized spacial score (nSPS) is 16.0. The molecule has 1 aliphatic heterocycles. The number of thiocarbonyl (C=S) groups is 1.